The highest BCUT2D eigenvalue weighted by Crippen LogP contribution is 2.14. The van der Waals surface area contributed by atoms with Crippen LogP contribution in [0.15, 0.2) is 0 Å². The lowest BCUT2D eigenvalue weighted by molar-refractivity contribution is 0.0112. The highest BCUT2D eigenvalue weighted by Gasteiger charge is 2.18. The van der Waals surface area contributed by atoms with Crippen molar-refractivity contribution in [2.75, 3.05) is 32.8 Å². The van der Waals surface area contributed by atoms with Gasteiger partial charge >= 0.3 is 0 Å². The zero-order valence-corrected chi connectivity index (χ0v) is 11.5. The third-order valence-electron chi connectivity index (χ3n) is 3.58. The third-order valence-corrected chi connectivity index (χ3v) is 3.58. The maximum Gasteiger partial charge on any atom is 0.0600 e. The molecule has 0 aromatic carbocycles. The quantitative estimate of drug-likeness (QED) is 0.631. The molecule has 1 fully saturated rings. The number of nitrogens with zero attached hydrogens (tertiary/aromatic N) is 1. The summed E-state index contributed by atoms with van der Waals surface area (Å²) in [6.07, 6.45) is 9.76. The van der Waals surface area contributed by atoms with Gasteiger partial charge in [-0.1, -0.05) is 32.6 Å². The summed E-state index contributed by atoms with van der Waals surface area (Å²) in [4.78, 5) is 2.59. The van der Waals surface area contributed by atoms with Gasteiger partial charge in [-0.25, -0.2) is 0 Å². The SMILES string of the molecule is CCCCCCCN1CCC(OCCN)CC1. The lowest BCUT2D eigenvalue weighted by Crippen LogP contribution is -2.38. The molecule has 0 aromatic heterocycles. The molecular weight excluding hydrogens is 212 g/mol. The Kier molecular flexibility index (Phi) is 8.67. The van der Waals surface area contributed by atoms with Gasteiger partial charge < -0.3 is 15.4 Å². The average Bonchev–Trinajstić information content (AvgIpc) is 2.37. The van der Waals surface area contributed by atoms with E-state index in [0.717, 1.165) is 6.61 Å². The van der Waals surface area contributed by atoms with Crippen molar-refractivity contribution < 1.29 is 4.74 Å². The predicted octanol–water partition coefficient (Wildman–Crippen LogP) is 2.40. The van der Waals surface area contributed by atoms with Crippen LogP contribution < -0.4 is 5.73 Å². The molecule has 0 radical (unpaired) electrons. The molecule has 3 nitrogen and oxygen atoms in total. The Morgan fingerprint density at radius 2 is 1.82 bits per heavy atom. The van der Waals surface area contributed by atoms with Crippen LogP contribution in [0.2, 0.25) is 0 Å². The highest BCUT2D eigenvalue weighted by atomic mass is 16.5. The molecule has 0 aromatic rings. The minimum atomic E-state index is 0.467. The monoisotopic (exact) mass is 242 g/mol. The fourth-order valence-electron chi connectivity index (χ4n) is 2.47. The molecular formula is C14H30N2O. The first-order valence-corrected chi connectivity index (χ1v) is 7.40. The summed E-state index contributed by atoms with van der Waals surface area (Å²) in [5, 5.41) is 0. The summed E-state index contributed by atoms with van der Waals surface area (Å²) >= 11 is 0. The molecule has 3 heteroatoms. The first-order chi connectivity index (χ1) is 8.36. The number of unbranched alkanes of at least 4 members (excludes halogenated alkanes) is 4. The topological polar surface area (TPSA) is 38.5 Å². The molecule has 1 rings (SSSR count). The number of hydrogen-bond donors (Lipinski definition) is 1. The van der Waals surface area contributed by atoms with E-state index in [0.29, 0.717) is 12.6 Å². The van der Waals surface area contributed by atoms with Crippen molar-refractivity contribution in [1.82, 2.24) is 4.90 Å². The maximum atomic E-state index is 5.69. The molecule has 0 amide bonds. The van der Waals surface area contributed by atoms with Crippen molar-refractivity contribution >= 4 is 0 Å². The van der Waals surface area contributed by atoms with Gasteiger partial charge in [-0.3, -0.25) is 0 Å². The van der Waals surface area contributed by atoms with Crippen LogP contribution in [0, 0.1) is 0 Å². The fraction of sp³-hybridized carbons (Fsp3) is 1.00. The molecule has 0 bridgehead atoms. The van der Waals surface area contributed by atoms with E-state index in [1.807, 2.05) is 0 Å². The Morgan fingerprint density at radius 1 is 1.12 bits per heavy atom. The Hall–Kier alpha value is -0.120. The number of rotatable bonds is 9. The zero-order valence-electron chi connectivity index (χ0n) is 11.5. The van der Waals surface area contributed by atoms with Crippen molar-refractivity contribution in [1.29, 1.82) is 0 Å². The van der Waals surface area contributed by atoms with Crippen LogP contribution in [0.3, 0.4) is 0 Å². The van der Waals surface area contributed by atoms with Gasteiger partial charge in [0.15, 0.2) is 0 Å². The molecule has 0 atom stereocenters. The highest BCUT2D eigenvalue weighted by molar-refractivity contribution is 4.72. The van der Waals surface area contributed by atoms with E-state index in [1.165, 1.54) is 64.6 Å². The second kappa shape index (κ2) is 9.86. The predicted molar refractivity (Wildman–Crippen MR) is 73.2 cm³/mol. The molecule has 2 N–H and O–H groups in total. The Bertz CT molecular complexity index is 165. The van der Waals surface area contributed by atoms with Crippen molar-refractivity contribution in [2.24, 2.45) is 5.73 Å². The lowest BCUT2D eigenvalue weighted by atomic mass is 10.1. The van der Waals surface area contributed by atoms with Crippen molar-refractivity contribution in [3.05, 3.63) is 0 Å². The minimum absolute atomic E-state index is 0.467. The number of hydrogen-bond acceptors (Lipinski definition) is 3. The van der Waals surface area contributed by atoms with E-state index >= 15 is 0 Å². The molecule has 17 heavy (non-hydrogen) atoms. The van der Waals surface area contributed by atoms with Crippen molar-refractivity contribution in [2.45, 2.75) is 58.0 Å². The van der Waals surface area contributed by atoms with Gasteiger partial charge in [0, 0.05) is 19.6 Å². The van der Waals surface area contributed by atoms with Crippen LogP contribution in [0.4, 0.5) is 0 Å². The summed E-state index contributed by atoms with van der Waals surface area (Å²) in [6, 6.07) is 0. The largest absolute Gasteiger partial charge is 0.377 e. The lowest BCUT2D eigenvalue weighted by Gasteiger charge is -2.31. The molecule has 102 valence electrons. The summed E-state index contributed by atoms with van der Waals surface area (Å²) in [7, 11) is 0. The number of nitrogens with two attached hydrogens (primary N) is 1. The minimum Gasteiger partial charge on any atom is -0.377 e. The number of piperidine rings is 1. The second-order valence-corrected chi connectivity index (χ2v) is 5.11. The first kappa shape index (κ1) is 14.9. The summed E-state index contributed by atoms with van der Waals surface area (Å²) in [6.45, 7) is 7.35. The average molecular weight is 242 g/mol. The van der Waals surface area contributed by atoms with Gasteiger partial charge in [0.1, 0.15) is 0 Å². The van der Waals surface area contributed by atoms with Crippen LogP contribution in [0.1, 0.15) is 51.9 Å². The Morgan fingerprint density at radius 3 is 2.47 bits per heavy atom. The van der Waals surface area contributed by atoms with Gasteiger partial charge in [-0.05, 0) is 25.8 Å². The van der Waals surface area contributed by atoms with Crippen LogP contribution in [0.5, 0.6) is 0 Å². The number of likely N-dealkylation sites (tertiary alicyclic amines) is 1. The fourth-order valence-corrected chi connectivity index (χ4v) is 2.47. The van der Waals surface area contributed by atoms with Crippen LogP contribution >= 0.6 is 0 Å². The molecule has 0 saturated carbocycles. The molecule has 0 unspecified atom stereocenters. The summed E-state index contributed by atoms with van der Waals surface area (Å²) in [5.74, 6) is 0. The van der Waals surface area contributed by atoms with Gasteiger partial charge in [-0.2, -0.15) is 0 Å². The van der Waals surface area contributed by atoms with Crippen molar-refractivity contribution in [3.63, 3.8) is 0 Å². The van der Waals surface area contributed by atoms with Gasteiger partial charge in [-0.15, -0.1) is 0 Å². The second-order valence-electron chi connectivity index (χ2n) is 5.11. The van der Waals surface area contributed by atoms with Crippen LogP contribution in [-0.4, -0.2) is 43.8 Å². The van der Waals surface area contributed by atoms with Gasteiger partial charge in [0.2, 0.25) is 0 Å². The molecule has 1 aliphatic rings. The molecule has 1 heterocycles. The van der Waals surface area contributed by atoms with E-state index < -0.39 is 0 Å². The van der Waals surface area contributed by atoms with Crippen LogP contribution in [-0.2, 0) is 4.74 Å². The molecule has 0 aliphatic carbocycles. The molecule has 1 saturated heterocycles. The van der Waals surface area contributed by atoms with Gasteiger partial charge in [0.05, 0.1) is 12.7 Å². The third kappa shape index (κ3) is 7.02. The normalized spacial score (nSPS) is 18.7. The first-order valence-electron chi connectivity index (χ1n) is 7.40. The Balaban J connectivity index is 1.95. The van der Waals surface area contributed by atoms with E-state index in [9.17, 15) is 0 Å². The summed E-state index contributed by atoms with van der Waals surface area (Å²) < 4.78 is 5.69. The maximum absolute atomic E-state index is 5.69. The van der Waals surface area contributed by atoms with E-state index in [4.69, 9.17) is 10.5 Å². The smallest absolute Gasteiger partial charge is 0.0600 e. The van der Waals surface area contributed by atoms with Crippen LogP contribution in [0.25, 0.3) is 0 Å². The zero-order chi connectivity index (χ0) is 12.3. The van der Waals surface area contributed by atoms with E-state index in [-0.39, 0.29) is 0 Å². The standard InChI is InChI=1S/C14H30N2O/c1-2-3-4-5-6-10-16-11-7-14(8-12-16)17-13-9-15/h14H,2-13,15H2,1H3. The van der Waals surface area contributed by atoms with Gasteiger partial charge in [0.25, 0.3) is 0 Å². The molecule has 0 spiro atoms. The Labute approximate surface area is 107 Å². The van der Waals surface area contributed by atoms with Crippen molar-refractivity contribution in [3.8, 4) is 0 Å². The number of ether oxygens (including phenoxy) is 1. The van der Waals surface area contributed by atoms with E-state index in [2.05, 4.69) is 11.8 Å². The summed E-state index contributed by atoms with van der Waals surface area (Å²) in [5.41, 5.74) is 5.44. The molecule has 1 aliphatic heterocycles. The van der Waals surface area contributed by atoms with E-state index in [1.54, 1.807) is 0 Å².